The number of piperidine rings is 1. The minimum absolute atomic E-state index is 0.619. The zero-order chi connectivity index (χ0) is 18.8. The molecular formula is C23H28N4O. The SMILES string of the molecule is c1ccc2[nH]c(-c3ccc(CNC4CCN(C5CCOC5)CC4)cc3)nc2c1. The van der Waals surface area contributed by atoms with E-state index in [0.29, 0.717) is 12.1 Å². The van der Waals surface area contributed by atoms with Crippen LogP contribution < -0.4 is 5.32 Å². The molecule has 0 spiro atoms. The average Bonchev–Trinajstić information content (AvgIpc) is 3.43. The molecule has 0 amide bonds. The summed E-state index contributed by atoms with van der Waals surface area (Å²) in [5.74, 6) is 0.934. The standard InChI is InChI=1S/C23H28N4O/c1-2-4-22-21(3-1)25-23(26-22)18-7-5-17(6-8-18)15-24-19-9-12-27(13-10-19)20-11-14-28-16-20/h1-8,19-20,24H,9-16H2,(H,25,26). The molecule has 0 aliphatic carbocycles. The quantitative estimate of drug-likeness (QED) is 0.715. The Balaban J connectivity index is 1.15. The lowest BCUT2D eigenvalue weighted by Gasteiger charge is -2.35. The number of hydrogen-bond donors (Lipinski definition) is 2. The molecule has 0 bridgehead atoms. The second-order valence-electron chi connectivity index (χ2n) is 8.01. The molecule has 1 unspecified atom stereocenters. The summed E-state index contributed by atoms with van der Waals surface area (Å²) in [6.07, 6.45) is 3.66. The minimum Gasteiger partial charge on any atom is -0.380 e. The molecule has 2 fully saturated rings. The third kappa shape index (κ3) is 3.83. The number of likely N-dealkylation sites (tertiary alicyclic amines) is 1. The maximum absolute atomic E-state index is 5.54. The van der Waals surface area contributed by atoms with Gasteiger partial charge in [-0.05, 0) is 37.0 Å². The van der Waals surface area contributed by atoms with E-state index in [2.05, 4.69) is 50.5 Å². The van der Waals surface area contributed by atoms with Crippen LogP contribution in [0.1, 0.15) is 24.8 Å². The van der Waals surface area contributed by atoms with Crippen LogP contribution >= 0.6 is 0 Å². The van der Waals surface area contributed by atoms with E-state index >= 15 is 0 Å². The van der Waals surface area contributed by atoms with E-state index in [1.165, 1.54) is 37.9 Å². The zero-order valence-corrected chi connectivity index (χ0v) is 16.2. The van der Waals surface area contributed by atoms with Crippen LogP contribution in [0.3, 0.4) is 0 Å². The number of aromatic nitrogens is 2. The Morgan fingerprint density at radius 2 is 1.86 bits per heavy atom. The first-order chi connectivity index (χ1) is 13.8. The maximum Gasteiger partial charge on any atom is 0.138 e. The average molecular weight is 377 g/mol. The highest BCUT2D eigenvalue weighted by molar-refractivity contribution is 5.79. The molecule has 1 atom stereocenters. The first-order valence-electron chi connectivity index (χ1n) is 10.4. The molecule has 0 saturated carbocycles. The van der Waals surface area contributed by atoms with Gasteiger partial charge in [0.1, 0.15) is 5.82 Å². The molecule has 2 aliphatic heterocycles. The van der Waals surface area contributed by atoms with Gasteiger partial charge in [0, 0.05) is 43.9 Å². The monoisotopic (exact) mass is 376 g/mol. The third-order valence-corrected chi connectivity index (χ3v) is 6.16. The molecule has 5 heteroatoms. The van der Waals surface area contributed by atoms with Gasteiger partial charge in [0.2, 0.25) is 0 Å². The molecule has 2 N–H and O–H groups in total. The number of para-hydroxylation sites is 2. The Hall–Kier alpha value is -2.21. The highest BCUT2D eigenvalue weighted by Gasteiger charge is 2.27. The minimum atomic E-state index is 0.619. The summed E-state index contributed by atoms with van der Waals surface area (Å²) >= 11 is 0. The molecule has 3 heterocycles. The predicted octanol–water partition coefficient (Wildman–Crippen LogP) is 3.57. The van der Waals surface area contributed by atoms with Crippen molar-refractivity contribution in [1.29, 1.82) is 0 Å². The van der Waals surface area contributed by atoms with E-state index in [1.54, 1.807) is 0 Å². The Kier molecular flexibility index (Phi) is 5.12. The normalized spacial score (nSPS) is 21.5. The fourth-order valence-electron chi connectivity index (χ4n) is 4.41. The number of aromatic amines is 1. The smallest absolute Gasteiger partial charge is 0.138 e. The topological polar surface area (TPSA) is 53.2 Å². The van der Waals surface area contributed by atoms with E-state index < -0.39 is 0 Å². The van der Waals surface area contributed by atoms with Crippen molar-refractivity contribution < 1.29 is 4.74 Å². The number of nitrogens with one attached hydrogen (secondary N) is 2. The van der Waals surface area contributed by atoms with Gasteiger partial charge in [-0.2, -0.15) is 0 Å². The van der Waals surface area contributed by atoms with E-state index in [0.717, 1.165) is 42.2 Å². The van der Waals surface area contributed by atoms with Crippen molar-refractivity contribution in [3.63, 3.8) is 0 Å². The highest BCUT2D eigenvalue weighted by atomic mass is 16.5. The van der Waals surface area contributed by atoms with Crippen molar-refractivity contribution in [3.8, 4) is 11.4 Å². The Labute approximate surface area is 166 Å². The van der Waals surface area contributed by atoms with Crippen LogP contribution in [-0.4, -0.2) is 53.3 Å². The molecule has 28 heavy (non-hydrogen) atoms. The van der Waals surface area contributed by atoms with Gasteiger partial charge in [0.15, 0.2) is 0 Å². The van der Waals surface area contributed by atoms with E-state index in [-0.39, 0.29) is 0 Å². The predicted molar refractivity (Wildman–Crippen MR) is 112 cm³/mol. The Morgan fingerprint density at radius 3 is 2.61 bits per heavy atom. The van der Waals surface area contributed by atoms with E-state index in [4.69, 9.17) is 4.74 Å². The number of rotatable bonds is 5. The van der Waals surface area contributed by atoms with Gasteiger partial charge < -0.3 is 15.0 Å². The lowest BCUT2D eigenvalue weighted by molar-refractivity contribution is 0.117. The number of ether oxygens (including phenoxy) is 1. The van der Waals surface area contributed by atoms with Crippen LogP contribution in [0.25, 0.3) is 22.4 Å². The van der Waals surface area contributed by atoms with E-state index in [1.807, 2.05) is 18.2 Å². The van der Waals surface area contributed by atoms with Gasteiger partial charge in [-0.25, -0.2) is 4.98 Å². The third-order valence-electron chi connectivity index (χ3n) is 6.16. The summed E-state index contributed by atoms with van der Waals surface area (Å²) in [5.41, 5.74) is 4.55. The van der Waals surface area contributed by atoms with Crippen molar-refractivity contribution in [2.24, 2.45) is 0 Å². The molecule has 1 aromatic heterocycles. The molecule has 0 radical (unpaired) electrons. The van der Waals surface area contributed by atoms with Crippen LogP contribution in [0.5, 0.6) is 0 Å². The van der Waals surface area contributed by atoms with Crippen LogP contribution in [0.2, 0.25) is 0 Å². The molecular weight excluding hydrogens is 348 g/mol. The number of benzene rings is 2. The highest BCUT2D eigenvalue weighted by Crippen LogP contribution is 2.22. The number of imidazole rings is 1. The second-order valence-corrected chi connectivity index (χ2v) is 8.01. The molecule has 2 aliphatic rings. The van der Waals surface area contributed by atoms with Crippen LogP contribution in [-0.2, 0) is 11.3 Å². The van der Waals surface area contributed by atoms with Gasteiger partial charge in [-0.3, -0.25) is 4.90 Å². The Bertz CT molecular complexity index is 873. The van der Waals surface area contributed by atoms with Crippen LogP contribution in [0.15, 0.2) is 48.5 Å². The molecule has 5 rings (SSSR count). The summed E-state index contributed by atoms with van der Waals surface area (Å²) in [4.78, 5) is 10.7. The number of H-pyrrole nitrogens is 1. The first-order valence-corrected chi connectivity index (χ1v) is 10.4. The van der Waals surface area contributed by atoms with Gasteiger partial charge >= 0.3 is 0 Å². The van der Waals surface area contributed by atoms with Crippen molar-refractivity contribution >= 4 is 11.0 Å². The lowest BCUT2D eigenvalue weighted by Crippen LogP contribution is -2.46. The van der Waals surface area contributed by atoms with Crippen LogP contribution in [0, 0.1) is 0 Å². The number of hydrogen-bond acceptors (Lipinski definition) is 4. The van der Waals surface area contributed by atoms with Gasteiger partial charge in [0.05, 0.1) is 17.6 Å². The number of nitrogens with zero attached hydrogens (tertiary/aromatic N) is 2. The fraction of sp³-hybridized carbons (Fsp3) is 0.435. The van der Waals surface area contributed by atoms with Crippen molar-refractivity contribution in [2.75, 3.05) is 26.3 Å². The fourth-order valence-corrected chi connectivity index (χ4v) is 4.41. The van der Waals surface area contributed by atoms with Gasteiger partial charge in [0.25, 0.3) is 0 Å². The second kappa shape index (κ2) is 8.03. The lowest BCUT2D eigenvalue weighted by atomic mass is 10.0. The van der Waals surface area contributed by atoms with E-state index in [9.17, 15) is 0 Å². The van der Waals surface area contributed by atoms with Crippen molar-refractivity contribution in [2.45, 2.75) is 37.9 Å². The summed E-state index contributed by atoms with van der Waals surface area (Å²) in [6, 6.07) is 18.2. The summed E-state index contributed by atoms with van der Waals surface area (Å²) < 4.78 is 5.54. The molecule has 146 valence electrons. The number of fused-ring (bicyclic) bond motifs is 1. The molecule has 5 nitrogen and oxygen atoms in total. The van der Waals surface area contributed by atoms with Crippen molar-refractivity contribution in [3.05, 3.63) is 54.1 Å². The maximum atomic E-state index is 5.54. The molecule has 3 aromatic rings. The largest absolute Gasteiger partial charge is 0.380 e. The summed E-state index contributed by atoms with van der Waals surface area (Å²) in [7, 11) is 0. The first kappa shape index (κ1) is 17.9. The molecule has 2 saturated heterocycles. The van der Waals surface area contributed by atoms with Gasteiger partial charge in [-0.1, -0.05) is 36.4 Å². The van der Waals surface area contributed by atoms with Crippen molar-refractivity contribution in [1.82, 2.24) is 20.2 Å². The van der Waals surface area contributed by atoms with Crippen LogP contribution in [0.4, 0.5) is 0 Å². The summed E-state index contributed by atoms with van der Waals surface area (Å²) in [6.45, 7) is 5.17. The Morgan fingerprint density at radius 1 is 1.04 bits per heavy atom. The zero-order valence-electron chi connectivity index (χ0n) is 16.2. The van der Waals surface area contributed by atoms with Gasteiger partial charge in [-0.15, -0.1) is 0 Å². The summed E-state index contributed by atoms with van der Waals surface area (Å²) in [5, 5.41) is 3.75. The molecule has 2 aromatic carbocycles.